The molecule has 0 saturated carbocycles. The molecule has 0 spiro atoms. The van der Waals surface area contributed by atoms with Crippen molar-refractivity contribution < 1.29 is 0 Å². The first-order valence-corrected chi connectivity index (χ1v) is 22.5. The molecular weight excluding hydrogens is 765 g/mol. The smallest absolute Gasteiger partial charge is 0.104 e. The minimum absolute atomic E-state index is 0.0407. The Morgan fingerprint density at radius 2 is 0.746 bits per heavy atom. The van der Waals surface area contributed by atoms with Crippen molar-refractivity contribution in [2.75, 3.05) is 0 Å². The highest BCUT2D eigenvalue weighted by Crippen LogP contribution is 2.47. The van der Waals surface area contributed by atoms with E-state index in [4.69, 9.17) is 0 Å². The monoisotopic (exact) mass is 822 g/mol. The van der Waals surface area contributed by atoms with Crippen molar-refractivity contribution in [1.29, 1.82) is 5.26 Å². The second-order valence-electron chi connectivity index (χ2n) is 21.9. The summed E-state index contributed by atoms with van der Waals surface area (Å²) >= 11 is 0. The molecule has 7 aromatic carbocycles. The van der Waals surface area contributed by atoms with Crippen molar-refractivity contribution in [3.8, 4) is 23.1 Å². The van der Waals surface area contributed by atoms with Crippen LogP contribution in [0, 0.1) is 11.3 Å². The molecule has 0 aliphatic carbocycles. The largest absolute Gasteiger partial charge is 0.309 e. The standard InChI is InChI=1S/C59H58N4/c1-56(2,3)36-22-26-48-42(30-36)43-31-37(57(4,5)6)23-27-49(43)62(48)52-34-53-54(41-20-16-17-21-47(41)61(53)40-18-14-13-15-19-40)55(46(52)35-60)63-50-28-24-38(58(7,8)9)32-44(50)45-33-39(59(10,11)12)25-29-51(45)63/h13-34H,1-12H3. The number of nitrogens with zero attached hydrogens (tertiary/aromatic N) is 4. The molecule has 0 amide bonds. The predicted octanol–water partition coefficient (Wildman–Crippen LogP) is 16.0. The van der Waals surface area contributed by atoms with Gasteiger partial charge in [-0.25, -0.2) is 0 Å². The zero-order chi connectivity index (χ0) is 44.5. The van der Waals surface area contributed by atoms with Crippen LogP contribution in [0.3, 0.4) is 0 Å². The Bertz CT molecular complexity index is 3390. The van der Waals surface area contributed by atoms with Gasteiger partial charge >= 0.3 is 0 Å². The molecule has 3 heterocycles. The zero-order valence-corrected chi connectivity index (χ0v) is 39.0. The molecule has 4 heteroatoms. The highest BCUT2D eigenvalue weighted by atomic mass is 15.1. The topological polar surface area (TPSA) is 38.6 Å². The quantitative estimate of drug-likeness (QED) is 0.175. The highest BCUT2D eigenvalue weighted by molar-refractivity contribution is 6.19. The number of fused-ring (bicyclic) bond motifs is 9. The average molecular weight is 823 g/mol. The molecule has 0 bridgehead atoms. The van der Waals surface area contributed by atoms with Crippen molar-refractivity contribution in [3.05, 3.63) is 161 Å². The fourth-order valence-electron chi connectivity index (χ4n) is 9.87. The van der Waals surface area contributed by atoms with Gasteiger partial charge in [-0.05, 0) is 117 Å². The van der Waals surface area contributed by atoms with Gasteiger partial charge in [0.2, 0.25) is 0 Å². The van der Waals surface area contributed by atoms with Crippen molar-refractivity contribution in [2.45, 2.75) is 105 Å². The Hall–Kier alpha value is -6.57. The van der Waals surface area contributed by atoms with E-state index in [1.807, 2.05) is 0 Å². The van der Waals surface area contributed by atoms with Crippen LogP contribution in [0.25, 0.3) is 82.5 Å². The maximum absolute atomic E-state index is 12.0. The lowest BCUT2D eigenvalue weighted by Crippen LogP contribution is -2.11. The van der Waals surface area contributed by atoms with Gasteiger partial charge in [0, 0.05) is 38.0 Å². The molecule has 0 aliphatic rings. The molecule has 0 N–H and O–H groups in total. The van der Waals surface area contributed by atoms with E-state index in [1.54, 1.807) is 0 Å². The number of para-hydroxylation sites is 2. The molecular formula is C59H58N4. The molecule has 0 aliphatic heterocycles. The van der Waals surface area contributed by atoms with E-state index in [1.165, 1.54) is 43.8 Å². The minimum atomic E-state index is -0.0470. The summed E-state index contributed by atoms with van der Waals surface area (Å²) in [5.74, 6) is 0. The molecule has 10 aromatic rings. The lowest BCUT2D eigenvalue weighted by Gasteiger charge is -2.21. The van der Waals surface area contributed by atoms with E-state index in [9.17, 15) is 5.26 Å². The first kappa shape index (κ1) is 40.5. The third-order valence-electron chi connectivity index (χ3n) is 13.5. The summed E-state index contributed by atoms with van der Waals surface area (Å²) in [6.07, 6.45) is 0. The van der Waals surface area contributed by atoms with Crippen molar-refractivity contribution >= 4 is 65.4 Å². The predicted molar refractivity (Wildman–Crippen MR) is 269 cm³/mol. The number of nitriles is 1. The molecule has 4 nitrogen and oxygen atoms in total. The third-order valence-corrected chi connectivity index (χ3v) is 13.5. The van der Waals surface area contributed by atoms with Crippen molar-refractivity contribution in [1.82, 2.24) is 13.7 Å². The van der Waals surface area contributed by atoms with Gasteiger partial charge in [-0.2, -0.15) is 5.26 Å². The summed E-state index contributed by atoms with van der Waals surface area (Å²) < 4.78 is 7.19. The molecule has 0 unspecified atom stereocenters. The van der Waals surface area contributed by atoms with E-state index in [2.05, 4.69) is 236 Å². The first-order chi connectivity index (χ1) is 29.8. The molecule has 314 valence electrons. The van der Waals surface area contributed by atoms with Crippen LogP contribution < -0.4 is 0 Å². The van der Waals surface area contributed by atoms with Gasteiger partial charge in [0.05, 0.1) is 44.5 Å². The van der Waals surface area contributed by atoms with E-state index in [0.717, 1.165) is 60.9 Å². The van der Waals surface area contributed by atoms with Crippen LogP contribution >= 0.6 is 0 Å². The van der Waals surface area contributed by atoms with Crippen LogP contribution in [0.4, 0.5) is 0 Å². The summed E-state index contributed by atoms with van der Waals surface area (Å²) in [4.78, 5) is 0. The van der Waals surface area contributed by atoms with Crippen LogP contribution in [-0.2, 0) is 21.7 Å². The Kier molecular flexibility index (Phi) is 8.82. The zero-order valence-electron chi connectivity index (χ0n) is 39.0. The maximum Gasteiger partial charge on any atom is 0.104 e. The lowest BCUT2D eigenvalue weighted by molar-refractivity contribution is 0.590. The number of benzene rings is 7. The van der Waals surface area contributed by atoms with Gasteiger partial charge < -0.3 is 13.7 Å². The van der Waals surface area contributed by atoms with Crippen LogP contribution in [0.1, 0.15) is 111 Å². The van der Waals surface area contributed by atoms with Gasteiger partial charge in [-0.3, -0.25) is 0 Å². The Morgan fingerprint density at radius 3 is 1.16 bits per heavy atom. The summed E-state index contributed by atoms with van der Waals surface area (Å²) in [6.45, 7) is 27.4. The molecule has 63 heavy (non-hydrogen) atoms. The molecule has 0 radical (unpaired) electrons. The molecule has 3 aromatic heterocycles. The van der Waals surface area contributed by atoms with E-state index >= 15 is 0 Å². The number of aromatic nitrogens is 3. The van der Waals surface area contributed by atoms with Crippen LogP contribution in [0.5, 0.6) is 0 Å². The van der Waals surface area contributed by atoms with Crippen LogP contribution in [0.2, 0.25) is 0 Å². The van der Waals surface area contributed by atoms with Gasteiger partial charge in [-0.1, -0.05) is 144 Å². The second-order valence-corrected chi connectivity index (χ2v) is 21.9. The summed E-state index contributed by atoms with van der Waals surface area (Å²) in [5, 5.41) is 18.9. The number of hydrogen-bond donors (Lipinski definition) is 0. The summed E-state index contributed by atoms with van der Waals surface area (Å²) in [5.41, 5.74) is 14.9. The summed E-state index contributed by atoms with van der Waals surface area (Å²) in [7, 11) is 0. The second kappa shape index (κ2) is 13.7. The van der Waals surface area contributed by atoms with Crippen molar-refractivity contribution in [2.24, 2.45) is 0 Å². The number of hydrogen-bond acceptors (Lipinski definition) is 1. The summed E-state index contributed by atoms with van der Waals surface area (Å²) in [6, 6.07) is 52.4. The molecule has 0 fully saturated rings. The van der Waals surface area contributed by atoms with Gasteiger partial charge in [0.25, 0.3) is 0 Å². The highest BCUT2D eigenvalue weighted by Gasteiger charge is 2.29. The average Bonchev–Trinajstić information content (AvgIpc) is 3.86. The maximum atomic E-state index is 12.0. The van der Waals surface area contributed by atoms with E-state index in [0.29, 0.717) is 5.56 Å². The normalized spacial score (nSPS) is 13.1. The third kappa shape index (κ3) is 6.30. The fourth-order valence-corrected chi connectivity index (χ4v) is 9.87. The van der Waals surface area contributed by atoms with Crippen LogP contribution in [0.15, 0.2) is 133 Å². The lowest BCUT2D eigenvalue weighted by atomic mass is 9.85. The Morgan fingerprint density at radius 1 is 0.365 bits per heavy atom. The number of rotatable bonds is 3. The Labute approximate surface area is 372 Å². The molecule has 0 atom stereocenters. The van der Waals surface area contributed by atoms with Crippen LogP contribution in [-0.4, -0.2) is 13.7 Å². The molecule has 0 saturated heterocycles. The van der Waals surface area contributed by atoms with Crippen molar-refractivity contribution in [3.63, 3.8) is 0 Å². The fraction of sp³-hybridized carbons (Fsp3) is 0.271. The van der Waals surface area contributed by atoms with Gasteiger partial charge in [0.15, 0.2) is 0 Å². The Balaban J connectivity index is 1.46. The first-order valence-electron chi connectivity index (χ1n) is 22.5. The van der Waals surface area contributed by atoms with Gasteiger partial charge in [0.1, 0.15) is 11.6 Å². The SMILES string of the molecule is CC(C)(C)c1ccc2c(c1)c1cc(C(C)(C)C)ccc1n2-c1cc2c(c(-n3c4ccc(C(C)(C)C)cc4c4cc(C(C)(C)C)ccc43)c1C#N)c1ccccc1n2-c1ccccc1. The molecule has 10 rings (SSSR count). The minimum Gasteiger partial charge on any atom is -0.309 e. The van der Waals surface area contributed by atoms with Gasteiger partial charge in [-0.15, -0.1) is 0 Å². The van der Waals surface area contributed by atoms with E-state index in [-0.39, 0.29) is 21.7 Å². The van der Waals surface area contributed by atoms with E-state index < -0.39 is 0 Å².